The highest BCUT2D eigenvalue weighted by molar-refractivity contribution is 6.32. The monoisotopic (exact) mass is 275 g/mol. The van der Waals surface area contributed by atoms with Crippen LogP contribution in [-0.2, 0) is 9.53 Å². The number of benzene rings is 1. The topological polar surface area (TPSA) is 61.5 Å². The molecule has 0 saturated carbocycles. The smallest absolute Gasteiger partial charge is 0.342 e. The summed E-state index contributed by atoms with van der Waals surface area (Å²) in [5.74, 6) is -0.598. The number of alkyl halides is 1. The summed E-state index contributed by atoms with van der Waals surface area (Å²) in [7, 11) is 1.44. The molecule has 0 saturated heterocycles. The summed E-state index contributed by atoms with van der Waals surface area (Å²) in [5.41, 5.74) is 6.08. The molecule has 1 aromatic carbocycles. The van der Waals surface area contributed by atoms with Crippen molar-refractivity contribution in [2.24, 2.45) is 5.73 Å². The third-order valence-corrected chi connectivity index (χ3v) is 2.70. The summed E-state index contributed by atoms with van der Waals surface area (Å²) in [5, 5.41) is 0.389. The summed E-state index contributed by atoms with van der Waals surface area (Å²) in [4.78, 5) is 11.2. The predicted octanol–water partition coefficient (Wildman–Crippen LogP) is 2.25. The second-order valence-corrected chi connectivity index (χ2v) is 3.98. The fourth-order valence-electron chi connectivity index (χ4n) is 1.42. The first-order valence-corrected chi connectivity index (χ1v) is 5.78. The largest absolute Gasteiger partial charge is 0.495 e. The van der Waals surface area contributed by atoms with Crippen molar-refractivity contribution in [2.45, 2.75) is 19.1 Å². The molecule has 0 radical (unpaired) electrons. The molecule has 0 spiro atoms. The van der Waals surface area contributed by atoms with Gasteiger partial charge in [0.05, 0.1) is 24.8 Å². The van der Waals surface area contributed by atoms with Crippen molar-refractivity contribution in [3.63, 3.8) is 0 Å². The SMILES string of the molecule is CCOC(=O)C(F)[C@H](N)c1ccc(Cl)c(OC)c1. The fourth-order valence-corrected chi connectivity index (χ4v) is 1.62. The minimum atomic E-state index is -1.92. The van der Waals surface area contributed by atoms with E-state index in [1.807, 2.05) is 0 Å². The van der Waals surface area contributed by atoms with Gasteiger partial charge in [-0.1, -0.05) is 17.7 Å². The molecule has 18 heavy (non-hydrogen) atoms. The Labute approximate surface area is 110 Å². The van der Waals surface area contributed by atoms with Crippen LogP contribution in [0.25, 0.3) is 0 Å². The molecular formula is C12H15ClFNO3. The second kappa shape index (κ2) is 6.56. The maximum atomic E-state index is 13.7. The van der Waals surface area contributed by atoms with Gasteiger partial charge >= 0.3 is 5.97 Å². The Hall–Kier alpha value is -1.33. The maximum Gasteiger partial charge on any atom is 0.342 e. The highest BCUT2D eigenvalue weighted by Gasteiger charge is 2.28. The van der Waals surface area contributed by atoms with Crippen LogP contribution in [0.5, 0.6) is 5.75 Å². The van der Waals surface area contributed by atoms with Crippen molar-refractivity contribution in [3.8, 4) is 5.75 Å². The number of hydrogen-bond donors (Lipinski definition) is 1. The van der Waals surface area contributed by atoms with Crippen LogP contribution < -0.4 is 10.5 Å². The van der Waals surface area contributed by atoms with Crippen LogP contribution in [0, 0.1) is 0 Å². The summed E-state index contributed by atoms with van der Waals surface area (Å²) < 4.78 is 23.3. The van der Waals surface area contributed by atoms with E-state index in [0.29, 0.717) is 16.3 Å². The van der Waals surface area contributed by atoms with Crippen LogP contribution in [0.15, 0.2) is 18.2 Å². The van der Waals surface area contributed by atoms with E-state index in [9.17, 15) is 9.18 Å². The number of esters is 1. The molecule has 0 heterocycles. The average molecular weight is 276 g/mol. The van der Waals surface area contributed by atoms with E-state index >= 15 is 0 Å². The van der Waals surface area contributed by atoms with Crippen molar-refractivity contribution in [2.75, 3.05) is 13.7 Å². The molecule has 0 aliphatic heterocycles. The molecule has 2 N–H and O–H groups in total. The molecule has 6 heteroatoms. The van der Waals surface area contributed by atoms with Gasteiger partial charge in [-0.25, -0.2) is 9.18 Å². The number of halogens is 2. The van der Waals surface area contributed by atoms with Gasteiger partial charge in [-0.05, 0) is 24.6 Å². The summed E-state index contributed by atoms with van der Waals surface area (Å²) in [6, 6.07) is 3.46. The minimum absolute atomic E-state index is 0.107. The van der Waals surface area contributed by atoms with Gasteiger partial charge in [0.1, 0.15) is 5.75 Å². The van der Waals surface area contributed by atoms with Gasteiger partial charge in [0.15, 0.2) is 0 Å². The summed E-state index contributed by atoms with van der Waals surface area (Å²) >= 11 is 5.84. The number of methoxy groups -OCH3 is 1. The Morgan fingerprint density at radius 3 is 2.78 bits per heavy atom. The minimum Gasteiger partial charge on any atom is -0.495 e. The van der Waals surface area contributed by atoms with E-state index in [1.165, 1.54) is 19.2 Å². The van der Waals surface area contributed by atoms with E-state index in [4.69, 9.17) is 22.1 Å². The summed E-state index contributed by atoms with van der Waals surface area (Å²) in [6.07, 6.45) is -1.92. The number of carbonyl (C=O) groups is 1. The maximum absolute atomic E-state index is 13.7. The number of rotatable bonds is 5. The fraction of sp³-hybridized carbons (Fsp3) is 0.417. The molecule has 0 aromatic heterocycles. The van der Waals surface area contributed by atoms with Crippen LogP contribution in [-0.4, -0.2) is 25.9 Å². The van der Waals surface area contributed by atoms with Crippen LogP contribution in [0.4, 0.5) is 4.39 Å². The van der Waals surface area contributed by atoms with Crippen molar-refractivity contribution < 1.29 is 18.7 Å². The molecule has 0 fully saturated rings. The third kappa shape index (κ3) is 3.34. The molecule has 1 aromatic rings. The average Bonchev–Trinajstić information content (AvgIpc) is 2.38. The molecule has 4 nitrogen and oxygen atoms in total. The van der Waals surface area contributed by atoms with Crippen molar-refractivity contribution in [3.05, 3.63) is 28.8 Å². The number of ether oxygens (including phenoxy) is 2. The Morgan fingerprint density at radius 2 is 2.22 bits per heavy atom. The van der Waals surface area contributed by atoms with Gasteiger partial charge < -0.3 is 15.2 Å². The lowest BCUT2D eigenvalue weighted by Gasteiger charge is -2.16. The molecule has 100 valence electrons. The van der Waals surface area contributed by atoms with Gasteiger partial charge in [0.25, 0.3) is 0 Å². The number of carbonyl (C=O) groups excluding carboxylic acids is 1. The first-order valence-electron chi connectivity index (χ1n) is 5.41. The number of nitrogens with two attached hydrogens (primary N) is 1. The first kappa shape index (κ1) is 14.7. The Bertz CT molecular complexity index is 428. The molecule has 1 unspecified atom stereocenters. The van der Waals surface area contributed by atoms with E-state index in [1.54, 1.807) is 13.0 Å². The van der Waals surface area contributed by atoms with Crippen molar-refractivity contribution in [1.82, 2.24) is 0 Å². The van der Waals surface area contributed by atoms with Crippen LogP contribution >= 0.6 is 11.6 Å². The highest BCUT2D eigenvalue weighted by Crippen LogP contribution is 2.28. The highest BCUT2D eigenvalue weighted by atomic mass is 35.5. The zero-order chi connectivity index (χ0) is 13.7. The molecule has 0 aliphatic rings. The van der Waals surface area contributed by atoms with Gasteiger partial charge in [0.2, 0.25) is 6.17 Å². The van der Waals surface area contributed by atoms with Crippen LogP contribution in [0.3, 0.4) is 0 Å². The van der Waals surface area contributed by atoms with Gasteiger partial charge in [0, 0.05) is 0 Å². The molecule has 1 rings (SSSR count). The molecular weight excluding hydrogens is 261 g/mol. The van der Waals surface area contributed by atoms with Crippen molar-refractivity contribution in [1.29, 1.82) is 0 Å². The van der Waals surface area contributed by atoms with Crippen LogP contribution in [0.1, 0.15) is 18.5 Å². The van der Waals surface area contributed by atoms with Gasteiger partial charge in [-0.3, -0.25) is 0 Å². The Balaban J connectivity index is 2.89. The zero-order valence-electron chi connectivity index (χ0n) is 10.2. The Morgan fingerprint density at radius 1 is 1.56 bits per heavy atom. The standard InChI is InChI=1S/C12H15ClFNO3/c1-3-18-12(16)10(14)11(15)7-4-5-8(13)9(6-7)17-2/h4-6,10-11H,3,15H2,1-2H3/t10?,11-/m1/s1. The molecule has 0 bridgehead atoms. The van der Waals surface area contributed by atoms with Crippen LogP contribution in [0.2, 0.25) is 5.02 Å². The normalized spacial score (nSPS) is 13.8. The molecule has 0 aliphatic carbocycles. The quantitative estimate of drug-likeness (QED) is 0.837. The lowest BCUT2D eigenvalue weighted by molar-refractivity contribution is -0.149. The van der Waals surface area contributed by atoms with Gasteiger partial charge in [-0.2, -0.15) is 0 Å². The lowest BCUT2D eigenvalue weighted by atomic mass is 10.0. The van der Waals surface area contributed by atoms with E-state index in [2.05, 4.69) is 4.74 Å². The van der Waals surface area contributed by atoms with Gasteiger partial charge in [-0.15, -0.1) is 0 Å². The van der Waals surface area contributed by atoms with Crippen molar-refractivity contribution >= 4 is 17.6 Å². The molecule has 2 atom stereocenters. The van der Waals surface area contributed by atoms with E-state index in [0.717, 1.165) is 0 Å². The number of hydrogen-bond acceptors (Lipinski definition) is 4. The summed E-state index contributed by atoms with van der Waals surface area (Å²) in [6.45, 7) is 1.71. The zero-order valence-corrected chi connectivity index (χ0v) is 10.9. The lowest BCUT2D eigenvalue weighted by Crippen LogP contribution is -2.31. The predicted molar refractivity (Wildman–Crippen MR) is 66.5 cm³/mol. The van der Waals surface area contributed by atoms with E-state index < -0.39 is 18.2 Å². The van der Waals surface area contributed by atoms with E-state index in [-0.39, 0.29) is 6.61 Å². The molecule has 0 amide bonds. The third-order valence-electron chi connectivity index (χ3n) is 2.39. The second-order valence-electron chi connectivity index (χ2n) is 3.57. The first-order chi connectivity index (χ1) is 8.51. The Kier molecular flexibility index (Phi) is 5.37.